The predicted molar refractivity (Wildman–Crippen MR) is 42.1 cm³/mol. The zero-order valence-corrected chi connectivity index (χ0v) is 6.79. The Morgan fingerprint density at radius 3 is 2.36 bits per heavy atom. The first kappa shape index (κ1) is 7.56. The van der Waals surface area contributed by atoms with E-state index in [1.165, 1.54) is 12.8 Å². The molecular formula is C9H16O2. The molecule has 0 heterocycles. The summed E-state index contributed by atoms with van der Waals surface area (Å²) in [4.78, 5) is 0. The molecule has 2 nitrogen and oxygen atoms in total. The fourth-order valence-corrected chi connectivity index (χ4v) is 2.35. The second-order valence-electron chi connectivity index (χ2n) is 4.07. The third-order valence-corrected chi connectivity index (χ3v) is 3.36. The molecule has 0 aromatic rings. The largest absolute Gasteiger partial charge is 0.392 e. The SMILES string of the molecule is OC1CCCCCC12CC2O. The lowest BCUT2D eigenvalue weighted by atomic mass is 9.93. The molecule has 2 aliphatic rings. The Balaban J connectivity index is 2.05. The van der Waals surface area contributed by atoms with Gasteiger partial charge in [-0.25, -0.2) is 0 Å². The normalized spacial score (nSPS) is 50.7. The molecule has 11 heavy (non-hydrogen) atoms. The van der Waals surface area contributed by atoms with Gasteiger partial charge >= 0.3 is 0 Å². The van der Waals surface area contributed by atoms with Crippen molar-refractivity contribution >= 4 is 0 Å². The minimum Gasteiger partial charge on any atom is -0.392 e. The van der Waals surface area contributed by atoms with Gasteiger partial charge in [0.05, 0.1) is 12.2 Å². The Labute approximate surface area is 67.2 Å². The van der Waals surface area contributed by atoms with Gasteiger partial charge in [-0.1, -0.05) is 19.3 Å². The molecule has 0 aliphatic heterocycles. The average molecular weight is 156 g/mol. The summed E-state index contributed by atoms with van der Waals surface area (Å²) in [6.45, 7) is 0. The van der Waals surface area contributed by atoms with Crippen molar-refractivity contribution in [3.8, 4) is 0 Å². The predicted octanol–water partition coefficient (Wildman–Crippen LogP) is 1.06. The minimum atomic E-state index is -0.222. The Morgan fingerprint density at radius 2 is 1.73 bits per heavy atom. The molecule has 0 bridgehead atoms. The van der Waals surface area contributed by atoms with E-state index in [0.717, 1.165) is 25.7 Å². The van der Waals surface area contributed by atoms with E-state index in [0.29, 0.717) is 0 Å². The second kappa shape index (κ2) is 2.46. The molecule has 0 aromatic heterocycles. The molecular weight excluding hydrogens is 140 g/mol. The van der Waals surface area contributed by atoms with Crippen molar-refractivity contribution in [2.75, 3.05) is 0 Å². The third kappa shape index (κ3) is 1.09. The monoisotopic (exact) mass is 156 g/mol. The maximum absolute atomic E-state index is 9.69. The van der Waals surface area contributed by atoms with Crippen LogP contribution in [0.1, 0.15) is 38.5 Å². The molecule has 64 valence electrons. The smallest absolute Gasteiger partial charge is 0.0629 e. The van der Waals surface area contributed by atoms with Crippen LogP contribution in [0, 0.1) is 5.41 Å². The molecule has 3 atom stereocenters. The Kier molecular flexibility index (Phi) is 1.69. The number of aliphatic hydroxyl groups is 2. The van der Waals surface area contributed by atoms with Crippen LogP contribution in [-0.2, 0) is 0 Å². The van der Waals surface area contributed by atoms with Gasteiger partial charge in [-0.05, 0) is 19.3 Å². The second-order valence-corrected chi connectivity index (χ2v) is 4.07. The van der Waals surface area contributed by atoms with E-state index in [1.54, 1.807) is 0 Å². The van der Waals surface area contributed by atoms with Gasteiger partial charge in [0, 0.05) is 5.41 Å². The summed E-state index contributed by atoms with van der Waals surface area (Å²) in [6, 6.07) is 0. The van der Waals surface area contributed by atoms with Crippen LogP contribution in [0.4, 0.5) is 0 Å². The first-order chi connectivity index (χ1) is 5.26. The van der Waals surface area contributed by atoms with Gasteiger partial charge in [-0.2, -0.15) is 0 Å². The van der Waals surface area contributed by atoms with Crippen molar-refractivity contribution in [1.29, 1.82) is 0 Å². The quantitative estimate of drug-likeness (QED) is 0.550. The molecule has 2 aliphatic carbocycles. The van der Waals surface area contributed by atoms with Crippen LogP contribution in [0.15, 0.2) is 0 Å². The Hall–Kier alpha value is -0.0800. The van der Waals surface area contributed by atoms with E-state index in [9.17, 15) is 10.2 Å². The molecule has 2 saturated carbocycles. The van der Waals surface area contributed by atoms with Crippen LogP contribution in [-0.4, -0.2) is 22.4 Å². The molecule has 2 N–H and O–H groups in total. The summed E-state index contributed by atoms with van der Waals surface area (Å²) in [5.41, 5.74) is -0.0590. The van der Waals surface area contributed by atoms with E-state index in [2.05, 4.69) is 0 Å². The van der Waals surface area contributed by atoms with Gasteiger partial charge in [0.2, 0.25) is 0 Å². The van der Waals surface area contributed by atoms with Crippen LogP contribution in [0.2, 0.25) is 0 Å². The van der Waals surface area contributed by atoms with Crippen LogP contribution < -0.4 is 0 Å². The third-order valence-electron chi connectivity index (χ3n) is 3.36. The lowest BCUT2D eigenvalue weighted by Crippen LogP contribution is -2.23. The van der Waals surface area contributed by atoms with Crippen molar-refractivity contribution in [2.24, 2.45) is 5.41 Å². The highest BCUT2D eigenvalue weighted by Crippen LogP contribution is 2.55. The number of hydrogen-bond donors (Lipinski definition) is 2. The topological polar surface area (TPSA) is 40.5 Å². The van der Waals surface area contributed by atoms with Crippen molar-refractivity contribution in [1.82, 2.24) is 0 Å². The van der Waals surface area contributed by atoms with Gasteiger partial charge in [0.25, 0.3) is 0 Å². The zero-order valence-electron chi connectivity index (χ0n) is 6.79. The van der Waals surface area contributed by atoms with Gasteiger partial charge in [-0.15, -0.1) is 0 Å². The van der Waals surface area contributed by atoms with E-state index >= 15 is 0 Å². The van der Waals surface area contributed by atoms with Crippen LogP contribution in [0.5, 0.6) is 0 Å². The molecule has 2 rings (SSSR count). The van der Waals surface area contributed by atoms with Gasteiger partial charge in [0.1, 0.15) is 0 Å². The average Bonchev–Trinajstić information content (AvgIpc) is 2.65. The molecule has 0 amide bonds. The van der Waals surface area contributed by atoms with Gasteiger partial charge < -0.3 is 10.2 Å². The van der Waals surface area contributed by atoms with E-state index in [1.807, 2.05) is 0 Å². The van der Waals surface area contributed by atoms with Crippen molar-refractivity contribution in [3.05, 3.63) is 0 Å². The molecule has 2 heteroatoms. The molecule has 2 fully saturated rings. The fraction of sp³-hybridized carbons (Fsp3) is 1.00. The first-order valence-electron chi connectivity index (χ1n) is 4.62. The van der Waals surface area contributed by atoms with Crippen LogP contribution in [0.3, 0.4) is 0 Å². The summed E-state index contributed by atoms with van der Waals surface area (Å²) in [7, 11) is 0. The lowest BCUT2D eigenvalue weighted by molar-refractivity contribution is 0.0539. The van der Waals surface area contributed by atoms with Crippen molar-refractivity contribution in [3.63, 3.8) is 0 Å². The highest BCUT2D eigenvalue weighted by molar-refractivity contribution is 5.07. The molecule has 0 saturated heterocycles. The summed E-state index contributed by atoms with van der Waals surface area (Å²) in [5, 5.41) is 19.1. The van der Waals surface area contributed by atoms with Crippen molar-refractivity contribution in [2.45, 2.75) is 50.7 Å². The highest BCUT2D eigenvalue weighted by Gasteiger charge is 2.57. The minimum absolute atomic E-state index is 0.0590. The number of hydrogen-bond acceptors (Lipinski definition) is 2. The van der Waals surface area contributed by atoms with E-state index < -0.39 is 0 Å². The molecule has 0 radical (unpaired) electrons. The van der Waals surface area contributed by atoms with Crippen LogP contribution >= 0.6 is 0 Å². The standard InChI is InChI=1S/C9H16O2/c10-7-4-2-1-3-5-9(7)6-8(9)11/h7-8,10-11H,1-6H2. The summed E-state index contributed by atoms with van der Waals surface area (Å²) in [6.07, 6.45) is 5.91. The molecule has 0 aromatic carbocycles. The lowest BCUT2D eigenvalue weighted by Gasteiger charge is -2.18. The number of rotatable bonds is 0. The van der Waals surface area contributed by atoms with Crippen molar-refractivity contribution < 1.29 is 10.2 Å². The van der Waals surface area contributed by atoms with Gasteiger partial charge in [-0.3, -0.25) is 0 Å². The highest BCUT2D eigenvalue weighted by atomic mass is 16.3. The van der Waals surface area contributed by atoms with Gasteiger partial charge in [0.15, 0.2) is 0 Å². The molecule has 3 unspecified atom stereocenters. The van der Waals surface area contributed by atoms with E-state index in [-0.39, 0.29) is 17.6 Å². The maximum Gasteiger partial charge on any atom is 0.0629 e. The first-order valence-corrected chi connectivity index (χ1v) is 4.62. The molecule has 1 spiro atoms. The number of aliphatic hydroxyl groups excluding tert-OH is 2. The summed E-state index contributed by atoms with van der Waals surface area (Å²) in [5.74, 6) is 0. The Bertz CT molecular complexity index is 158. The summed E-state index contributed by atoms with van der Waals surface area (Å²) < 4.78 is 0. The fourth-order valence-electron chi connectivity index (χ4n) is 2.35. The maximum atomic E-state index is 9.69. The summed E-state index contributed by atoms with van der Waals surface area (Å²) >= 11 is 0. The van der Waals surface area contributed by atoms with Crippen LogP contribution in [0.25, 0.3) is 0 Å². The van der Waals surface area contributed by atoms with E-state index in [4.69, 9.17) is 0 Å². The zero-order chi connectivity index (χ0) is 7.90. The Morgan fingerprint density at radius 1 is 1.00 bits per heavy atom.